The number of ether oxygens (including phenoxy) is 2. The first-order valence-corrected chi connectivity index (χ1v) is 16.0. The van der Waals surface area contributed by atoms with E-state index in [0.29, 0.717) is 22.9 Å². The van der Waals surface area contributed by atoms with E-state index >= 15 is 0 Å². The van der Waals surface area contributed by atoms with Gasteiger partial charge in [0.25, 0.3) is 10.0 Å². The van der Waals surface area contributed by atoms with Crippen LogP contribution < -0.4 is 19.8 Å². The summed E-state index contributed by atoms with van der Waals surface area (Å²) in [6, 6.07) is 20.8. The molecule has 0 saturated carbocycles. The lowest BCUT2D eigenvalue weighted by atomic mass is 10.2. The van der Waals surface area contributed by atoms with Crippen LogP contribution in [0.4, 0.5) is 5.69 Å². The molecule has 0 aliphatic carbocycles. The number of rotatable bonds is 9. The Balaban J connectivity index is -0.000000191. The molecule has 10 nitrogen and oxygen atoms in total. The van der Waals surface area contributed by atoms with Crippen molar-refractivity contribution in [1.82, 2.24) is 5.64 Å². The minimum absolute atomic E-state index is 0. The van der Waals surface area contributed by atoms with Gasteiger partial charge < -0.3 is 9.47 Å². The Labute approximate surface area is 319 Å². The number of nitrogens with one attached hydrogen (secondary N) is 2. The molecular weight excluding hydrogens is 701 g/mol. The number of hydrogen-bond donors (Lipinski definition) is 4. The summed E-state index contributed by atoms with van der Waals surface area (Å²) in [5, 5.41) is 7.35. The van der Waals surface area contributed by atoms with Crippen LogP contribution >= 0.6 is 12.9 Å². The average Bonchev–Trinajstić information content (AvgIpc) is 3.15. The molecular formula is C40H40N2O8S2. The summed E-state index contributed by atoms with van der Waals surface area (Å²) in [6.45, 7) is 5.20. The van der Waals surface area contributed by atoms with Crippen LogP contribution in [0.1, 0.15) is 28.0 Å². The molecule has 0 aliphatic rings. The van der Waals surface area contributed by atoms with Gasteiger partial charge in [0.05, 0.1) is 17.7 Å². The smallest absolute Gasteiger partial charge is 0.262 e. The van der Waals surface area contributed by atoms with Gasteiger partial charge >= 0.3 is 0 Å². The summed E-state index contributed by atoms with van der Waals surface area (Å²) in [4.78, 5) is 6.92. The number of thiol groups is 1. The summed E-state index contributed by atoms with van der Waals surface area (Å²) in [6.07, 6.45) is 0. The molecule has 3 N–H and O–H groups in total. The molecule has 3 aromatic carbocycles. The van der Waals surface area contributed by atoms with Gasteiger partial charge in [0.1, 0.15) is 11.5 Å². The standard InChI is InChI=1S/C20H19NO4S.C20H6.H3NO4S.6H2/c1-15-14-17(12-13-19(15)24-2)26(22,23)21-18-10-6-7-11-20(18)25-16-8-4-3-5-9-16;1-3-5-7-9-11-13-15-17-19-20-18-16-14-12-10-8-6-4-2;2-3-1-4-5-6;;;;;;/h3-14,21H,1-2H3;1-2H3;1-2,6H;6*1H. The molecule has 0 spiro atoms. The van der Waals surface area contributed by atoms with E-state index in [1.807, 2.05) is 18.2 Å². The van der Waals surface area contributed by atoms with Crippen molar-refractivity contribution in [2.75, 3.05) is 11.8 Å². The summed E-state index contributed by atoms with van der Waals surface area (Å²) in [5.74, 6) is 47.3. The zero-order valence-corrected chi connectivity index (χ0v) is 29.8. The zero-order valence-electron chi connectivity index (χ0n) is 28.1. The summed E-state index contributed by atoms with van der Waals surface area (Å²) in [5.41, 5.74) is 2.56. The van der Waals surface area contributed by atoms with E-state index in [0.717, 1.165) is 5.56 Å². The van der Waals surface area contributed by atoms with Crippen molar-refractivity contribution in [2.24, 2.45) is 0 Å². The van der Waals surface area contributed by atoms with E-state index < -0.39 is 10.0 Å². The van der Waals surface area contributed by atoms with Crippen LogP contribution in [0, 0.1) is 113 Å². The second-order valence-electron chi connectivity index (χ2n) is 8.48. The second kappa shape index (κ2) is 28.1. The lowest BCUT2D eigenvalue weighted by Crippen LogP contribution is -2.13. The maximum absolute atomic E-state index is 12.8. The number of benzene rings is 3. The van der Waals surface area contributed by atoms with E-state index in [2.05, 4.69) is 139 Å². The normalized spacial score (nSPS) is 8.04. The average molecular weight is 741 g/mol. The Kier molecular flexibility index (Phi) is 23.3. The minimum Gasteiger partial charge on any atom is -0.496 e. The van der Waals surface area contributed by atoms with Gasteiger partial charge in [-0.2, -0.15) is 0 Å². The molecule has 0 unspecified atom stereocenters. The van der Waals surface area contributed by atoms with Crippen LogP contribution in [-0.4, -0.2) is 20.8 Å². The fourth-order valence-electron chi connectivity index (χ4n) is 3.07. The molecule has 0 bridgehead atoms. The van der Waals surface area contributed by atoms with Crippen LogP contribution in [0.3, 0.4) is 0 Å². The molecule has 0 atom stereocenters. The van der Waals surface area contributed by atoms with Crippen molar-refractivity contribution in [1.29, 1.82) is 0 Å². The van der Waals surface area contributed by atoms with Crippen LogP contribution in [0.25, 0.3) is 0 Å². The molecule has 0 aromatic heterocycles. The van der Waals surface area contributed by atoms with Gasteiger partial charge in [-0.1, -0.05) is 42.2 Å². The highest BCUT2D eigenvalue weighted by Gasteiger charge is 2.18. The molecule has 3 rings (SSSR count). The van der Waals surface area contributed by atoms with E-state index in [4.69, 9.17) is 14.7 Å². The first-order valence-electron chi connectivity index (χ1n) is 14.2. The third-order valence-electron chi connectivity index (χ3n) is 5.08. The number of aryl methyl sites for hydroxylation is 1. The number of anilines is 1. The molecule has 0 amide bonds. The Hall–Kier alpha value is -6.80. The largest absolute Gasteiger partial charge is 0.496 e. The Bertz CT molecular complexity index is 2270. The summed E-state index contributed by atoms with van der Waals surface area (Å²) < 4.78 is 42.7. The Morgan fingerprint density at radius 1 is 0.673 bits per heavy atom. The van der Waals surface area contributed by atoms with Gasteiger partial charge in [-0.15, -0.1) is 14.3 Å². The number of para-hydroxylation sites is 3. The van der Waals surface area contributed by atoms with E-state index in [-0.39, 0.29) is 13.5 Å². The highest BCUT2D eigenvalue weighted by atomic mass is 32.2. The van der Waals surface area contributed by atoms with Crippen LogP contribution in [0.15, 0.2) is 77.7 Å². The van der Waals surface area contributed by atoms with E-state index in [9.17, 15) is 8.42 Å². The van der Waals surface area contributed by atoms with Crippen molar-refractivity contribution in [2.45, 2.75) is 25.7 Å². The predicted molar refractivity (Wildman–Crippen MR) is 214 cm³/mol. The lowest BCUT2D eigenvalue weighted by molar-refractivity contribution is -0.437. The van der Waals surface area contributed by atoms with E-state index in [1.165, 1.54) is 11.7 Å². The fourth-order valence-corrected chi connectivity index (χ4v) is 4.26. The predicted octanol–water partition coefficient (Wildman–Crippen LogP) is 6.82. The van der Waals surface area contributed by atoms with Gasteiger partial charge in [-0.05, 0) is 169 Å². The third kappa shape index (κ3) is 19.9. The number of methoxy groups -OCH3 is 1. The quantitative estimate of drug-likeness (QED) is 0.0468. The van der Waals surface area contributed by atoms with Crippen molar-refractivity contribution >= 4 is 28.6 Å². The van der Waals surface area contributed by atoms with Crippen LogP contribution in [-0.2, 0) is 24.3 Å². The lowest BCUT2D eigenvalue weighted by Gasteiger charge is -2.14. The molecule has 0 radical (unpaired) electrons. The molecule has 270 valence electrons. The Morgan fingerprint density at radius 2 is 1.15 bits per heavy atom. The van der Waals surface area contributed by atoms with Crippen molar-refractivity contribution in [3.05, 3.63) is 78.4 Å². The van der Waals surface area contributed by atoms with Crippen LogP contribution in [0.5, 0.6) is 17.2 Å². The maximum Gasteiger partial charge on any atom is 0.262 e. The first-order chi connectivity index (χ1) is 25.3. The molecule has 12 heteroatoms. The highest BCUT2D eigenvalue weighted by Crippen LogP contribution is 2.31. The minimum atomic E-state index is -3.76. The van der Waals surface area contributed by atoms with Crippen molar-refractivity contribution < 1.29 is 46.0 Å². The topological polar surface area (TPSA) is 125 Å². The van der Waals surface area contributed by atoms with Gasteiger partial charge in [0.15, 0.2) is 5.75 Å². The molecule has 0 saturated heterocycles. The van der Waals surface area contributed by atoms with Gasteiger partial charge in [0, 0.05) is 21.5 Å². The molecule has 3 aromatic rings. The monoisotopic (exact) mass is 740 g/mol. The number of sulfonamides is 1. The maximum atomic E-state index is 12.8. The SMILES string of the molecule is CC#CC#CC#CC#CC#CC#CC#CC#CC#CC.COc1ccc(S(=O)(=O)Nc2ccccc2Oc2ccccc2)cc1C.OONOOS.[HH].[HH].[HH].[HH].[HH].[HH]. The Morgan fingerprint density at radius 3 is 1.58 bits per heavy atom. The van der Waals surface area contributed by atoms with Gasteiger partial charge in [0.2, 0.25) is 0 Å². The van der Waals surface area contributed by atoms with Crippen LogP contribution in [0.2, 0.25) is 0 Å². The summed E-state index contributed by atoms with van der Waals surface area (Å²) >= 11 is 3.08. The highest BCUT2D eigenvalue weighted by molar-refractivity contribution is 7.92. The fraction of sp³-hybridized carbons (Fsp3) is 0.100. The van der Waals surface area contributed by atoms with E-state index in [1.54, 1.807) is 76.4 Å². The second-order valence-corrected chi connectivity index (χ2v) is 10.3. The number of hydrogen-bond acceptors (Lipinski definition) is 10. The van der Waals surface area contributed by atoms with Gasteiger partial charge in [-0.3, -0.25) is 4.72 Å². The molecule has 0 aliphatic heterocycles. The van der Waals surface area contributed by atoms with Crippen molar-refractivity contribution in [3.8, 4) is 124 Å². The van der Waals surface area contributed by atoms with Crippen molar-refractivity contribution in [3.63, 3.8) is 0 Å². The first kappa shape index (κ1) is 43.2. The molecule has 0 fully saturated rings. The molecule has 52 heavy (non-hydrogen) atoms. The summed E-state index contributed by atoms with van der Waals surface area (Å²) in [7, 11) is -2.21. The third-order valence-corrected chi connectivity index (χ3v) is 6.51. The van der Waals surface area contributed by atoms with Gasteiger partial charge in [-0.25, -0.2) is 13.7 Å². The molecule has 0 heterocycles. The zero-order chi connectivity index (χ0) is 38.1.